The Morgan fingerprint density at radius 1 is 1.57 bits per heavy atom. The SMILES string of the molecule is O=[N+]([O-])c1cncc(OC2CNC2)c1. The van der Waals surface area contributed by atoms with Gasteiger partial charge in [0.25, 0.3) is 5.69 Å². The zero-order valence-corrected chi connectivity index (χ0v) is 7.34. The van der Waals surface area contributed by atoms with Gasteiger partial charge in [-0.15, -0.1) is 0 Å². The van der Waals surface area contributed by atoms with Crippen LogP contribution in [0.25, 0.3) is 0 Å². The summed E-state index contributed by atoms with van der Waals surface area (Å²) in [7, 11) is 0. The molecule has 0 spiro atoms. The van der Waals surface area contributed by atoms with Crippen molar-refractivity contribution in [1.82, 2.24) is 10.3 Å². The van der Waals surface area contributed by atoms with Gasteiger partial charge in [-0.2, -0.15) is 0 Å². The van der Waals surface area contributed by atoms with Gasteiger partial charge in [0.1, 0.15) is 18.1 Å². The van der Waals surface area contributed by atoms with Gasteiger partial charge >= 0.3 is 0 Å². The van der Waals surface area contributed by atoms with Crippen LogP contribution in [0.2, 0.25) is 0 Å². The van der Waals surface area contributed by atoms with Crippen molar-refractivity contribution in [2.75, 3.05) is 13.1 Å². The van der Waals surface area contributed by atoms with E-state index in [1.165, 1.54) is 18.5 Å². The number of hydrogen-bond acceptors (Lipinski definition) is 5. The third-order valence-electron chi connectivity index (χ3n) is 1.96. The Bertz CT molecular complexity index is 351. The van der Waals surface area contributed by atoms with E-state index in [1.807, 2.05) is 0 Å². The van der Waals surface area contributed by atoms with Gasteiger partial charge < -0.3 is 10.1 Å². The molecule has 0 saturated carbocycles. The van der Waals surface area contributed by atoms with Gasteiger partial charge in [-0.1, -0.05) is 0 Å². The van der Waals surface area contributed by atoms with Crippen LogP contribution in [-0.4, -0.2) is 29.1 Å². The molecule has 6 heteroatoms. The number of aromatic nitrogens is 1. The van der Waals surface area contributed by atoms with Crippen LogP contribution in [0.5, 0.6) is 5.75 Å². The summed E-state index contributed by atoms with van der Waals surface area (Å²) >= 11 is 0. The molecule has 2 heterocycles. The molecular weight excluding hydrogens is 186 g/mol. The predicted molar refractivity (Wildman–Crippen MR) is 48.2 cm³/mol. The highest BCUT2D eigenvalue weighted by Gasteiger charge is 2.19. The normalized spacial score (nSPS) is 16.0. The Morgan fingerprint density at radius 3 is 2.93 bits per heavy atom. The Labute approximate surface area is 80.1 Å². The lowest BCUT2D eigenvalue weighted by molar-refractivity contribution is -0.385. The highest BCUT2D eigenvalue weighted by molar-refractivity contribution is 5.33. The smallest absolute Gasteiger partial charge is 0.291 e. The molecule has 1 N–H and O–H groups in total. The fraction of sp³-hybridized carbons (Fsp3) is 0.375. The number of nitrogens with zero attached hydrogens (tertiary/aromatic N) is 2. The second-order valence-electron chi connectivity index (χ2n) is 3.03. The molecule has 1 fully saturated rings. The molecule has 0 unspecified atom stereocenters. The quantitative estimate of drug-likeness (QED) is 0.555. The van der Waals surface area contributed by atoms with E-state index in [-0.39, 0.29) is 11.8 Å². The second kappa shape index (κ2) is 3.59. The van der Waals surface area contributed by atoms with E-state index in [4.69, 9.17) is 4.74 Å². The van der Waals surface area contributed by atoms with Crippen molar-refractivity contribution >= 4 is 5.69 Å². The maximum Gasteiger partial charge on any atom is 0.291 e. The molecule has 1 saturated heterocycles. The van der Waals surface area contributed by atoms with Crippen LogP contribution >= 0.6 is 0 Å². The fourth-order valence-corrected chi connectivity index (χ4v) is 1.11. The Kier molecular flexibility index (Phi) is 2.28. The van der Waals surface area contributed by atoms with E-state index < -0.39 is 4.92 Å². The molecule has 0 aliphatic carbocycles. The molecule has 0 bridgehead atoms. The van der Waals surface area contributed by atoms with E-state index in [9.17, 15) is 10.1 Å². The van der Waals surface area contributed by atoms with Crippen molar-refractivity contribution in [2.45, 2.75) is 6.10 Å². The van der Waals surface area contributed by atoms with Gasteiger partial charge in [0, 0.05) is 13.1 Å². The van der Waals surface area contributed by atoms with Crippen molar-refractivity contribution in [3.05, 3.63) is 28.6 Å². The molecule has 1 aliphatic heterocycles. The molecule has 6 nitrogen and oxygen atoms in total. The van der Waals surface area contributed by atoms with Crippen LogP contribution < -0.4 is 10.1 Å². The lowest BCUT2D eigenvalue weighted by Gasteiger charge is -2.27. The van der Waals surface area contributed by atoms with Gasteiger partial charge in [0.05, 0.1) is 17.2 Å². The minimum absolute atomic E-state index is 0.0465. The first kappa shape index (κ1) is 8.89. The first-order chi connectivity index (χ1) is 6.75. The lowest BCUT2D eigenvalue weighted by atomic mass is 10.2. The molecule has 0 radical (unpaired) electrons. The summed E-state index contributed by atoms with van der Waals surface area (Å²) in [6.07, 6.45) is 2.79. The average molecular weight is 195 g/mol. The van der Waals surface area contributed by atoms with E-state index in [1.54, 1.807) is 0 Å². The maximum absolute atomic E-state index is 10.4. The first-order valence-electron chi connectivity index (χ1n) is 4.22. The number of pyridine rings is 1. The summed E-state index contributed by atoms with van der Waals surface area (Å²) < 4.78 is 5.41. The van der Waals surface area contributed by atoms with Crippen molar-refractivity contribution in [2.24, 2.45) is 0 Å². The van der Waals surface area contributed by atoms with Gasteiger partial charge in [-0.05, 0) is 0 Å². The van der Waals surface area contributed by atoms with E-state index in [0.717, 1.165) is 13.1 Å². The molecule has 0 aromatic carbocycles. The van der Waals surface area contributed by atoms with Gasteiger partial charge in [0.2, 0.25) is 0 Å². The summed E-state index contributed by atoms with van der Waals surface area (Å²) in [5.74, 6) is 0.450. The molecule has 14 heavy (non-hydrogen) atoms. The predicted octanol–water partition coefficient (Wildman–Crippen LogP) is 0.340. The van der Waals surface area contributed by atoms with Crippen molar-refractivity contribution in [3.8, 4) is 5.75 Å². The third-order valence-corrected chi connectivity index (χ3v) is 1.96. The third kappa shape index (κ3) is 1.80. The summed E-state index contributed by atoms with van der Waals surface area (Å²) in [5, 5.41) is 13.5. The monoisotopic (exact) mass is 195 g/mol. The van der Waals surface area contributed by atoms with Crippen LogP contribution in [0, 0.1) is 10.1 Å². The Balaban J connectivity index is 2.09. The number of nitrogens with one attached hydrogen (secondary N) is 1. The van der Waals surface area contributed by atoms with Crippen molar-refractivity contribution in [1.29, 1.82) is 0 Å². The van der Waals surface area contributed by atoms with E-state index >= 15 is 0 Å². The highest BCUT2D eigenvalue weighted by atomic mass is 16.6. The molecule has 0 amide bonds. The molecule has 0 atom stereocenters. The minimum atomic E-state index is -0.487. The summed E-state index contributed by atoms with van der Waals surface area (Å²) in [4.78, 5) is 13.7. The zero-order valence-electron chi connectivity index (χ0n) is 7.34. The number of rotatable bonds is 3. The van der Waals surface area contributed by atoms with Crippen LogP contribution in [-0.2, 0) is 0 Å². The van der Waals surface area contributed by atoms with Gasteiger partial charge in [0.15, 0.2) is 0 Å². The first-order valence-corrected chi connectivity index (χ1v) is 4.22. The molecule has 1 aromatic heterocycles. The zero-order chi connectivity index (χ0) is 9.97. The number of hydrogen-bond donors (Lipinski definition) is 1. The Hall–Kier alpha value is -1.69. The maximum atomic E-state index is 10.4. The van der Waals surface area contributed by atoms with E-state index in [0.29, 0.717) is 5.75 Å². The van der Waals surface area contributed by atoms with E-state index in [2.05, 4.69) is 10.3 Å². The summed E-state index contributed by atoms with van der Waals surface area (Å²) in [6, 6.07) is 1.38. The minimum Gasteiger partial charge on any atom is -0.486 e. The van der Waals surface area contributed by atoms with Crippen LogP contribution in [0.3, 0.4) is 0 Å². The molecular formula is C8H9N3O3. The van der Waals surface area contributed by atoms with Gasteiger partial charge in [-0.25, -0.2) is 0 Å². The topological polar surface area (TPSA) is 77.3 Å². The Morgan fingerprint density at radius 2 is 2.36 bits per heavy atom. The summed E-state index contributed by atoms with van der Waals surface area (Å²) in [6.45, 7) is 1.56. The number of ether oxygens (including phenoxy) is 1. The van der Waals surface area contributed by atoms with Crippen LogP contribution in [0.1, 0.15) is 0 Å². The van der Waals surface area contributed by atoms with Crippen molar-refractivity contribution in [3.63, 3.8) is 0 Å². The second-order valence-corrected chi connectivity index (χ2v) is 3.03. The molecule has 1 aliphatic rings. The van der Waals surface area contributed by atoms with Crippen LogP contribution in [0.4, 0.5) is 5.69 Å². The molecule has 1 aromatic rings. The standard InChI is InChI=1S/C8H9N3O3/c12-11(13)6-1-7(3-9-2-6)14-8-4-10-5-8/h1-3,8,10H,4-5H2. The lowest BCUT2D eigenvalue weighted by Crippen LogP contribution is -2.50. The average Bonchev–Trinajstić information content (AvgIpc) is 2.12. The summed E-state index contributed by atoms with van der Waals surface area (Å²) in [5.41, 5.74) is -0.0465. The fourth-order valence-electron chi connectivity index (χ4n) is 1.11. The largest absolute Gasteiger partial charge is 0.486 e. The number of nitro groups is 1. The van der Waals surface area contributed by atoms with Gasteiger partial charge in [-0.3, -0.25) is 15.1 Å². The van der Waals surface area contributed by atoms with Crippen molar-refractivity contribution < 1.29 is 9.66 Å². The molecule has 74 valence electrons. The highest BCUT2D eigenvalue weighted by Crippen LogP contribution is 2.18. The van der Waals surface area contributed by atoms with Crippen LogP contribution in [0.15, 0.2) is 18.5 Å². The molecule has 2 rings (SSSR count).